The number of aromatic hydroxyl groups is 1. The number of nitrogens with zero attached hydrogens (tertiary/aromatic N) is 2. The van der Waals surface area contributed by atoms with E-state index >= 15 is 0 Å². The minimum absolute atomic E-state index is 0.0382. The predicted octanol–water partition coefficient (Wildman–Crippen LogP) is 2.20. The van der Waals surface area contributed by atoms with E-state index in [9.17, 15) is 9.90 Å². The first kappa shape index (κ1) is 16.1. The van der Waals surface area contributed by atoms with Gasteiger partial charge in [0.25, 0.3) is 0 Å². The van der Waals surface area contributed by atoms with Gasteiger partial charge in [0.1, 0.15) is 5.75 Å². The maximum Gasteiger partial charge on any atom is 0.317 e. The molecule has 1 aliphatic carbocycles. The summed E-state index contributed by atoms with van der Waals surface area (Å²) in [4.78, 5) is 16.7. The molecule has 0 unspecified atom stereocenters. The van der Waals surface area contributed by atoms with Crippen LogP contribution in [0.5, 0.6) is 5.75 Å². The third-order valence-corrected chi connectivity index (χ3v) is 5.04. The molecular weight excluding hydrogens is 290 g/mol. The van der Waals surface area contributed by atoms with E-state index in [1.165, 1.54) is 25.7 Å². The van der Waals surface area contributed by atoms with Crippen LogP contribution in [0.2, 0.25) is 0 Å². The molecule has 0 bridgehead atoms. The van der Waals surface area contributed by atoms with Crippen molar-refractivity contribution in [3.63, 3.8) is 0 Å². The number of hydrogen-bond donors (Lipinski definition) is 2. The molecule has 0 radical (unpaired) electrons. The van der Waals surface area contributed by atoms with Crippen molar-refractivity contribution in [2.45, 2.75) is 38.1 Å². The van der Waals surface area contributed by atoms with E-state index in [2.05, 4.69) is 10.2 Å². The average molecular weight is 317 g/mol. The van der Waals surface area contributed by atoms with Crippen LogP contribution in [0.15, 0.2) is 24.3 Å². The summed E-state index contributed by atoms with van der Waals surface area (Å²) in [5, 5.41) is 12.4. The number of benzene rings is 1. The Morgan fingerprint density at radius 1 is 1.17 bits per heavy atom. The van der Waals surface area contributed by atoms with Gasteiger partial charge in [-0.3, -0.25) is 4.90 Å². The second-order valence-corrected chi connectivity index (χ2v) is 6.61. The molecule has 1 aromatic carbocycles. The molecule has 2 N–H and O–H groups in total. The molecule has 2 amide bonds. The number of rotatable bonds is 4. The van der Waals surface area contributed by atoms with E-state index in [1.54, 1.807) is 12.1 Å². The van der Waals surface area contributed by atoms with Crippen LogP contribution in [0.1, 0.15) is 31.2 Å². The fourth-order valence-electron chi connectivity index (χ4n) is 3.70. The minimum Gasteiger partial charge on any atom is -0.508 e. The van der Waals surface area contributed by atoms with Crippen LogP contribution in [-0.2, 0) is 6.42 Å². The van der Waals surface area contributed by atoms with Crippen molar-refractivity contribution in [2.24, 2.45) is 0 Å². The van der Waals surface area contributed by atoms with Crippen molar-refractivity contribution < 1.29 is 9.90 Å². The number of piperazine rings is 1. The van der Waals surface area contributed by atoms with Gasteiger partial charge in [0, 0.05) is 38.8 Å². The highest BCUT2D eigenvalue weighted by Gasteiger charge is 2.27. The van der Waals surface area contributed by atoms with Gasteiger partial charge in [0.2, 0.25) is 0 Å². The van der Waals surface area contributed by atoms with Gasteiger partial charge in [-0.25, -0.2) is 4.79 Å². The molecular formula is C18H27N3O2. The molecule has 5 heteroatoms. The molecule has 5 nitrogen and oxygen atoms in total. The average Bonchev–Trinajstić information content (AvgIpc) is 3.09. The summed E-state index contributed by atoms with van der Waals surface area (Å²) in [6.45, 7) is 4.27. The summed E-state index contributed by atoms with van der Waals surface area (Å²) < 4.78 is 0. The Hall–Kier alpha value is -1.75. The topological polar surface area (TPSA) is 55.8 Å². The van der Waals surface area contributed by atoms with Gasteiger partial charge in [-0.2, -0.15) is 0 Å². The zero-order valence-corrected chi connectivity index (χ0v) is 13.7. The standard InChI is InChI=1S/C18H27N3O2/c22-17-7-3-4-15(14-17)8-9-19-18(23)21-12-10-20(11-13-21)16-5-1-2-6-16/h3-4,7,14,16,22H,1-2,5-6,8-13H2,(H,19,23). The predicted molar refractivity (Wildman–Crippen MR) is 90.6 cm³/mol. The molecule has 1 aromatic rings. The van der Waals surface area contributed by atoms with Gasteiger partial charge >= 0.3 is 6.03 Å². The minimum atomic E-state index is 0.0382. The normalized spacial score (nSPS) is 19.9. The summed E-state index contributed by atoms with van der Waals surface area (Å²) in [5.41, 5.74) is 1.04. The van der Waals surface area contributed by atoms with Crippen LogP contribution in [0.3, 0.4) is 0 Å². The number of phenols is 1. The van der Waals surface area contributed by atoms with Gasteiger partial charge in [-0.1, -0.05) is 25.0 Å². The molecule has 2 fully saturated rings. The van der Waals surface area contributed by atoms with Crippen LogP contribution in [0.4, 0.5) is 4.79 Å². The van der Waals surface area contributed by atoms with Crippen molar-refractivity contribution in [3.05, 3.63) is 29.8 Å². The number of carbonyl (C=O) groups excluding carboxylic acids is 1. The van der Waals surface area contributed by atoms with Gasteiger partial charge in [-0.05, 0) is 37.0 Å². The monoisotopic (exact) mass is 317 g/mol. The van der Waals surface area contributed by atoms with Crippen molar-refractivity contribution >= 4 is 6.03 Å². The fourth-order valence-corrected chi connectivity index (χ4v) is 3.70. The second-order valence-electron chi connectivity index (χ2n) is 6.61. The van der Waals surface area contributed by atoms with Crippen LogP contribution >= 0.6 is 0 Å². The Balaban J connectivity index is 1.37. The van der Waals surface area contributed by atoms with Crippen molar-refractivity contribution in [1.29, 1.82) is 0 Å². The van der Waals surface area contributed by atoms with Crippen molar-refractivity contribution in [2.75, 3.05) is 32.7 Å². The molecule has 3 rings (SSSR count). The van der Waals surface area contributed by atoms with Gasteiger partial charge < -0.3 is 15.3 Å². The molecule has 0 aromatic heterocycles. The Labute approximate surface area is 138 Å². The maximum absolute atomic E-state index is 12.2. The molecule has 1 heterocycles. The second kappa shape index (κ2) is 7.68. The van der Waals surface area contributed by atoms with Crippen molar-refractivity contribution in [3.8, 4) is 5.75 Å². The first-order valence-electron chi connectivity index (χ1n) is 8.77. The zero-order valence-electron chi connectivity index (χ0n) is 13.7. The molecule has 2 aliphatic rings. The lowest BCUT2D eigenvalue weighted by molar-refractivity contribution is 0.110. The molecule has 0 atom stereocenters. The van der Waals surface area contributed by atoms with Gasteiger partial charge in [-0.15, -0.1) is 0 Å². The largest absolute Gasteiger partial charge is 0.508 e. The Kier molecular flexibility index (Phi) is 5.39. The van der Waals surface area contributed by atoms with Gasteiger partial charge in [0.15, 0.2) is 0 Å². The van der Waals surface area contributed by atoms with E-state index < -0.39 is 0 Å². The third kappa shape index (κ3) is 4.38. The fraction of sp³-hybridized carbons (Fsp3) is 0.611. The molecule has 1 saturated heterocycles. The number of urea groups is 1. The summed E-state index contributed by atoms with van der Waals surface area (Å²) in [6, 6.07) is 7.99. The van der Waals surface area contributed by atoms with Crippen LogP contribution in [0, 0.1) is 0 Å². The first-order valence-corrected chi connectivity index (χ1v) is 8.77. The summed E-state index contributed by atoms with van der Waals surface area (Å²) in [7, 11) is 0. The smallest absolute Gasteiger partial charge is 0.317 e. The highest BCUT2D eigenvalue weighted by molar-refractivity contribution is 5.74. The Morgan fingerprint density at radius 2 is 1.91 bits per heavy atom. The third-order valence-electron chi connectivity index (χ3n) is 5.04. The lowest BCUT2D eigenvalue weighted by atomic mass is 10.1. The zero-order chi connectivity index (χ0) is 16.1. The van der Waals surface area contributed by atoms with E-state index in [1.807, 2.05) is 17.0 Å². The number of amides is 2. The SMILES string of the molecule is O=C(NCCc1cccc(O)c1)N1CCN(C2CCCC2)CC1. The molecule has 126 valence electrons. The number of hydrogen-bond acceptors (Lipinski definition) is 3. The van der Waals surface area contributed by atoms with E-state index in [0.717, 1.165) is 44.2 Å². The quantitative estimate of drug-likeness (QED) is 0.895. The molecule has 1 aliphatic heterocycles. The number of phenolic OH excluding ortho intramolecular Hbond substituents is 1. The van der Waals surface area contributed by atoms with Crippen LogP contribution in [-0.4, -0.2) is 59.7 Å². The number of nitrogens with one attached hydrogen (secondary N) is 1. The lowest BCUT2D eigenvalue weighted by Gasteiger charge is -2.38. The van der Waals surface area contributed by atoms with E-state index in [-0.39, 0.29) is 11.8 Å². The summed E-state index contributed by atoms with van der Waals surface area (Å²) >= 11 is 0. The lowest BCUT2D eigenvalue weighted by Crippen LogP contribution is -2.53. The van der Waals surface area contributed by atoms with E-state index in [4.69, 9.17) is 0 Å². The highest BCUT2D eigenvalue weighted by Crippen LogP contribution is 2.24. The molecule has 1 saturated carbocycles. The van der Waals surface area contributed by atoms with E-state index in [0.29, 0.717) is 6.54 Å². The molecule has 0 spiro atoms. The summed E-state index contributed by atoms with van der Waals surface area (Å²) in [5.74, 6) is 0.275. The Bertz CT molecular complexity index is 521. The number of carbonyl (C=O) groups is 1. The van der Waals surface area contributed by atoms with Crippen LogP contribution < -0.4 is 5.32 Å². The van der Waals surface area contributed by atoms with Crippen LogP contribution in [0.25, 0.3) is 0 Å². The maximum atomic E-state index is 12.2. The summed E-state index contributed by atoms with van der Waals surface area (Å²) in [6.07, 6.45) is 6.12. The Morgan fingerprint density at radius 3 is 2.61 bits per heavy atom. The van der Waals surface area contributed by atoms with Crippen molar-refractivity contribution in [1.82, 2.24) is 15.1 Å². The van der Waals surface area contributed by atoms with Gasteiger partial charge in [0.05, 0.1) is 0 Å². The molecule has 23 heavy (non-hydrogen) atoms. The highest BCUT2D eigenvalue weighted by atomic mass is 16.3. The first-order chi connectivity index (χ1) is 11.2.